The molecule has 1 amide bonds. The van der Waals surface area contributed by atoms with Crippen LogP contribution in [-0.4, -0.2) is 17.6 Å². The maximum atomic E-state index is 13.1. The van der Waals surface area contributed by atoms with Crippen LogP contribution in [0.2, 0.25) is 0 Å². The van der Waals surface area contributed by atoms with Crippen LogP contribution >= 0.6 is 0 Å². The van der Waals surface area contributed by atoms with Crippen LogP contribution in [0.3, 0.4) is 0 Å². The Morgan fingerprint density at radius 2 is 1.77 bits per heavy atom. The highest BCUT2D eigenvalue weighted by Crippen LogP contribution is 2.42. The van der Waals surface area contributed by atoms with Crippen LogP contribution in [-0.2, 0) is 4.79 Å². The topological polar surface area (TPSA) is 47.6 Å². The van der Waals surface area contributed by atoms with E-state index in [1.54, 1.807) is 6.92 Å². The second-order valence-electron chi connectivity index (χ2n) is 8.03. The molecule has 2 atom stereocenters. The molecule has 4 heteroatoms. The molecule has 156 valence electrons. The minimum Gasteiger partial charge on any atom is -0.487 e. The van der Waals surface area contributed by atoms with Gasteiger partial charge in [-0.2, -0.15) is 0 Å². The quantitative estimate of drug-likeness (QED) is 0.565. The van der Waals surface area contributed by atoms with Crippen LogP contribution in [0.5, 0.6) is 11.5 Å². The van der Waals surface area contributed by atoms with Gasteiger partial charge in [-0.25, -0.2) is 0 Å². The summed E-state index contributed by atoms with van der Waals surface area (Å²) in [4.78, 5) is 13.1. The van der Waals surface area contributed by atoms with Crippen molar-refractivity contribution in [2.24, 2.45) is 0 Å². The molecule has 30 heavy (non-hydrogen) atoms. The molecule has 1 heterocycles. The monoisotopic (exact) mass is 403 g/mol. The molecule has 0 saturated carbocycles. The highest BCUT2D eigenvalue weighted by atomic mass is 16.5. The second-order valence-corrected chi connectivity index (χ2v) is 8.03. The maximum Gasteiger partial charge on any atom is 0.261 e. The van der Waals surface area contributed by atoms with Crippen LogP contribution in [0.1, 0.15) is 51.6 Å². The van der Waals surface area contributed by atoms with E-state index in [0.29, 0.717) is 0 Å². The molecule has 0 bridgehead atoms. The van der Waals surface area contributed by atoms with Gasteiger partial charge in [0.25, 0.3) is 5.91 Å². The van der Waals surface area contributed by atoms with Gasteiger partial charge < -0.3 is 14.8 Å². The van der Waals surface area contributed by atoms with Gasteiger partial charge in [0.15, 0.2) is 6.10 Å². The van der Waals surface area contributed by atoms with Crippen molar-refractivity contribution in [3.8, 4) is 11.5 Å². The Hall–Kier alpha value is -3.01. The Labute approximate surface area is 178 Å². The van der Waals surface area contributed by atoms with Gasteiger partial charge in [0, 0.05) is 17.4 Å². The zero-order valence-electron chi connectivity index (χ0n) is 17.9. The van der Waals surface area contributed by atoms with Crippen molar-refractivity contribution in [3.05, 3.63) is 72.3 Å². The molecule has 0 fully saturated rings. The van der Waals surface area contributed by atoms with Crippen molar-refractivity contribution in [2.45, 2.75) is 57.8 Å². The Bertz CT molecular complexity index is 1040. The van der Waals surface area contributed by atoms with E-state index in [2.05, 4.69) is 19.2 Å². The first-order valence-electron chi connectivity index (χ1n) is 10.8. The van der Waals surface area contributed by atoms with E-state index in [4.69, 9.17) is 9.47 Å². The molecule has 4 rings (SSSR count). The lowest BCUT2D eigenvalue weighted by Crippen LogP contribution is -2.46. The smallest absolute Gasteiger partial charge is 0.261 e. The van der Waals surface area contributed by atoms with Crippen molar-refractivity contribution < 1.29 is 14.3 Å². The highest BCUT2D eigenvalue weighted by Gasteiger charge is 2.39. The Morgan fingerprint density at radius 3 is 2.57 bits per heavy atom. The first-order chi connectivity index (χ1) is 14.5. The number of ether oxygens (including phenoxy) is 2. The van der Waals surface area contributed by atoms with Crippen LogP contribution in [0.15, 0.2) is 66.7 Å². The fraction of sp³-hybridized carbons (Fsp3) is 0.346. The van der Waals surface area contributed by atoms with Crippen molar-refractivity contribution in [1.29, 1.82) is 0 Å². The number of para-hydroxylation sites is 1. The third-order valence-electron chi connectivity index (χ3n) is 6.22. The number of carbonyl (C=O) groups is 1. The van der Waals surface area contributed by atoms with Crippen LogP contribution in [0.25, 0.3) is 10.8 Å². The van der Waals surface area contributed by atoms with Crippen LogP contribution < -0.4 is 14.8 Å². The Balaban J connectivity index is 1.54. The number of benzene rings is 3. The summed E-state index contributed by atoms with van der Waals surface area (Å²) in [7, 11) is 0. The van der Waals surface area contributed by atoms with Crippen molar-refractivity contribution in [1.82, 2.24) is 5.32 Å². The van der Waals surface area contributed by atoms with E-state index < -0.39 is 6.10 Å². The molecule has 3 aromatic carbocycles. The molecular weight excluding hydrogens is 374 g/mol. The molecule has 0 aromatic heterocycles. The molecule has 4 nitrogen and oxygen atoms in total. The number of carbonyl (C=O) groups excluding carboxylic acids is 1. The molecule has 0 aliphatic carbocycles. The molecular formula is C26H29NO3. The Morgan fingerprint density at radius 1 is 1.07 bits per heavy atom. The summed E-state index contributed by atoms with van der Waals surface area (Å²) >= 11 is 0. The number of nitrogens with one attached hydrogen (secondary N) is 1. The zero-order valence-corrected chi connectivity index (χ0v) is 17.9. The molecule has 0 radical (unpaired) electrons. The van der Waals surface area contributed by atoms with Gasteiger partial charge in [0.05, 0.1) is 6.04 Å². The first kappa shape index (κ1) is 20.3. The summed E-state index contributed by atoms with van der Waals surface area (Å²) in [6.07, 6.45) is 1.94. The summed E-state index contributed by atoms with van der Waals surface area (Å²) in [5.41, 5.74) is 0.771. The van der Waals surface area contributed by atoms with E-state index in [-0.39, 0.29) is 17.6 Å². The molecule has 1 N–H and O–H groups in total. The zero-order chi connectivity index (χ0) is 21.1. The number of amides is 1. The third-order valence-corrected chi connectivity index (χ3v) is 6.22. The first-order valence-corrected chi connectivity index (χ1v) is 10.8. The lowest BCUT2D eigenvalue weighted by Gasteiger charge is -2.41. The van der Waals surface area contributed by atoms with E-state index in [1.165, 1.54) is 0 Å². The van der Waals surface area contributed by atoms with E-state index >= 15 is 0 Å². The van der Waals surface area contributed by atoms with Crippen LogP contribution in [0, 0.1) is 0 Å². The van der Waals surface area contributed by atoms with Gasteiger partial charge in [0.2, 0.25) is 0 Å². The number of rotatable bonds is 6. The minimum atomic E-state index is -0.608. The molecule has 3 aromatic rings. The number of fused-ring (bicyclic) bond motifs is 2. The standard InChI is InChI=1S/C26H29NO3/c1-4-26(5-2)17-22(21-14-8-9-15-24(21)30-26)27-25(28)18(3)29-23-16-10-12-19-11-6-7-13-20(19)23/h6-16,18,22H,4-5,17H2,1-3H3,(H,27,28)/t18-,22-/m0/s1. The Kier molecular flexibility index (Phi) is 5.67. The van der Waals surface area contributed by atoms with E-state index in [0.717, 1.165) is 47.1 Å². The van der Waals surface area contributed by atoms with Crippen molar-refractivity contribution >= 4 is 16.7 Å². The summed E-state index contributed by atoms with van der Waals surface area (Å²) in [5, 5.41) is 5.32. The average Bonchev–Trinajstić information content (AvgIpc) is 2.79. The van der Waals surface area contributed by atoms with Gasteiger partial charge >= 0.3 is 0 Å². The number of hydrogen-bond donors (Lipinski definition) is 1. The summed E-state index contributed by atoms with van der Waals surface area (Å²) in [6, 6.07) is 21.8. The van der Waals surface area contributed by atoms with Crippen molar-refractivity contribution in [2.75, 3.05) is 0 Å². The molecule has 0 saturated heterocycles. The fourth-order valence-corrected chi connectivity index (χ4v) is 4.26. The predicted octanol–water partition coefficient (Wildman–Crippen LogP) is 5.81. The van der Waals surface area contributed by atoms with Crippen LogP contribution in [0.4, 0.5) is 0 Å². The molecule has 0 unspecified atom stereocenters. The maximum absolute atomic E-state index is 13.1. The van der Waals surface area contributed by atoms with Gasteiger partial charge in [-0.3, -0.25) is 4.79 Å². The summed E-state index contributed by atoms with van der Waals surface area (Å²) in [5.74, 6) is 1.46. The minimum absolute atomic E-state index is 0.0964. The van der Waals surface area contributed by atoms with E-state index in [1.807, 2.05) is 66.7 Å². The van der Waals surface area contributed by atoms with Gasteiger partial charge in [-0.15, -0.1) is 0 Å². The lowest BCUT2D eigenvalue weighted by atomic mass is 9.83. The lowest BCUT2D eigenvalue weighted by molar-refractivity contribution is -0.128. The largest absolute Gasteiger partial charge is 0.487 e. The SMILES string of the molecule is CCC1(CC)C[C@H](NC(=O)[C@H](C)Oc2cccc3ccccc23)c2ccccc2O1. The normalized spacial score (nSPS) is 18.2. The second kappa shape index (κ2) is 8.39. The molecule has 1 aliphatic rings. The van der Waals surface area contributed by atoms with Gasteiger partial charge in [-0.1, -0.05) is 68.4 Å². The summed E-state index contributed by atoms with van der Waals surface area (Å²) in [6.45, 7) is 6.08. The summed E-state index contributed by atoms with van der Waals surface area (Å²) < 4.78 is 12.4. The molecule has 1 aliphatic heterocycles. The average molecular weight is 404 g/mol. The van der Waals surface area contributed by atoms with E-state index in [9.17, 15) is 4.79 Å². The van der Waals surface area contributed by atoms with Gasteiger partial charge in [-0.05, 0) is 37.3 Å². The highest BCUT2D eigenvalue weighted by molar-refractivity contribution is 5.89. The van der Waals surface area contributed by atoms with Crippen molar-refractivity contribution in [3.63, 3.8) is 0 Å². The molecule has 0 spiro atoms. The van der Waals surface area contributed by atoms with Gasteiger partial charge in [0.1, 0.15) is 17.1 Å². The third kappa shape index (κ3) is 3.87. The predicted molar refractivity (Wildman–Crippen MR) is 120 cm³/mol. The number of hydrogen-bond acceptors (Lipinski definition) is 3. The fourth-order valence-electron chi connectivity index (χ4n) is 4.26.